The van der Waals surface area contributed by atoms with E-state index in [0.717, 1.165) is 16.8 Å². The molecule has 1 unspecified atom stereocenters. The van der Waals surface area contributed by atoms with Gasteiger partial charge in [-0.1, -0.05) is 6.92 Å². The fourth-order valence-corrected chi connectivity index (χ4v) is 2.58. The molecule has 0 amide bonds. The molecule has 4 nitrogen and oxygen atoms in total. The molecule has 1 saturated carbocycles. The molecule has 21 heavy (non-hydrogen) atoms. The van der Waals surface area contributed by atoms with E-state index in [2.05, 4.69) is 21.2 Å². The molecule has 0 bridgehead atoms. The smallest absolute Gasteiger partial charge is 0.175 e. The monoisotopic (exact) mass is 357 g/mol. The summed E-state index contributed by atoms with van der Waals surface area (Å²) in [7, 11) is 0. The van der Waals surface area contributed by atoms with Crippen LogP contribution in [-0.4, -0.2) is 30.5 Å². The largest absolute Gasteiger partial charge is 0.490 e. The van der Waals surface area contributed by atoms with E-state index in [0.29, 0.717) is 24.8 Å². The molecule has 0 aliphatic heterocycles. The third-order valence-corrected chi connectivity index (χ3v) is 4.02. The Morgan fingerprint density at radius 3 is 2.71 bits per heavy atom. The van der Waals surface area contributed by atoms with Crippen molar-refractivity contribution in [2.45, 2.75) is 51.8 Å². The van der Waals surface area contributed by atoms with Crippen LogP contribution in [0.25, 0.3) is 0 Å². The van der Waals surface area contributed by atoms with Crippen molar-refractivity contribution < 1.29 is 14.6 Å². The lowest BCUT2D eigenvalue weighted by Gasteiger charge is -2.17. The fourth-order valence-electron chi connectivity index (χ4n) is 1.97. The minimum absolute atomic E-state index is 0.273. The van der Waals surface area contributed by atoms with Gasteiger partial charge in [-0.05, 0) is 59.8 Å². The van der Waals surface area contributed by atoms with E-state index in [1.807, 2.05) is 26.0 Å². The first kappa shape index (κ1) is 16.6. The second-order valence-electron chi connectivity index (χ2n) is 5.37. The van der Waals surface area contributed by atoms with Crippen molar-refractivity contribution in [3.63, 3.8) is 0 Å². The van der Waals surface area contributed by atoms with Crippen LogP contribution in [0.5, 0.6) is 11.5 Å². The summed E-state index contributed by atoms with van der Waals surface area (Å²) in [5.41, 5.74) is 1.17. The molecule has 1 aromatic rings. The third kappa shape index (κ3) is 5.16. The molecule has 1 aliphatic rings. The van der Waals surface area contributed by atoms with Gasteiger partial charge in [0.15, 0.2) is 11.5 Å². The average Bonchev–Trinajstić information content (AvgIpc) is 3.28. The molecule has 0 saturated heterocycles. The molecule has 0 radical (unpaired) electrons. The van der Waals surface area contributed by atoms with Crippen LogP contribution in [0.1, 0.15) is 38.7 Å². The van der Waals surface area contributed by atoms with Gasteiger partial charge in [0.2, 0.25) is 0 Å². The zero-order valence-corrected chi connectivity index (χ0v) is 14.3. The molecule has 5 heteroatoms. The molecule has 1 aromatic carbocycles. The number of halogens is 1. The zero-order valence-electron chi connectivity index (χ0n) is 12.7. The van der Waals surface area contributed by atoms with Gasteiger partial charge in [0.1, 0.15) is 6.61 Å². The number of aliphatic hydroxyl groups is 1. The number of rotatable bonds is 9. The van der Waals surface area contributed by atoms with Crippen LogP contribution in [-0.2, 0) is 6.54 Å². The minimum Gasteiger partial charge on any atom is -0.490 e. The van der Waals surface area contributed by atoms with Crippen molar-refractivity contribution in [3.05, 3.63) is 22.2 Å². The third-order valence-electron chi connectivity index (χ3n) is 3.43. The molecule has 0 spiro atoms. The summed E-state index contributed by atoms with van der Waals surface area (Å²) in [6.07, 6.45) is 2.76. The van der Waals surface area contributed by atoms with E-state index in [1.54, 1.807) is 0 Å². The van der Waals surface area contributed by atoms with Gasteiger partial charge in [0, 0.05) is 12.6 Å². The lowest BCUT2D eigenvalue weighted by molar-refractivity contribution is 0.102. The Hall–Kier alpha value is -0.780. The molecule has 2 rings (SSSR count). The Morgan fingerprint density at radius 1 is 1.33 bits per heavy atom. The number of benzene rings is 1. The quantitative estimate of drug-likeness (QED) is 0.712. The summed E-state index contributed by atoms with van der Waals surface area (Å²) in [5.74, 6) is 1.39. The lowest BCUT2D eigenvalue weighted by Crippen LogP contribution is -2.17. The van der Waals surface area contributed by atoms with E-state index in [4.69, 9.17) is 9.47 Å². The SMILES string of the molecule is CCOc1cc(CNC2CC2)cc(Br)c1OCC(O)CC. The van der Waals surface area contributed by atoms with Crippen molar-refractivity contribution in [1.82, 2.24) is 5.32 Å². The van der Waals surface area contributed by atoms with Gasteiger partial charge in [0.05, 0.1) is 17.2 Å². The van der Waals surface area contributed by atoms with E-state index < -0.39 is 6.10 Å². The van der Waals surface area contributed by atoms with Crippen LogP contribution in [0.3, 0.4) is 0 Å². The van der Waals surface area contributed by atoms with Gasteiger partial charge in [-0.25, -0.2) is 0 Å². The van der Waals surface area contributed by atoms with Gasteiger partial charge < -0.3 is 19.9 Å². The zero-order chi connectivity index (χ0) is 15.2. The summed E-state index contributed by atoms with van der Waals surface area (Å²) >= 11 is 3.55. The highest BCUT2D eigenvalue weighted by Crippen LogP contribution is 2.37. The van der Waals surface area contributed by atoms with Gasteiger partial charge in [0.25, 0.3) is 0 Å². The number of aliphatic hydroxyl groups excluding tert-OH is 1. The van der Waals surface area contributed by atoms with Crippen molar-refractivity contribution in [2.24, 2.45) is 0 Å². The maximum atomic E-state index is 9.65. The number of hydrogen-bond acceptors (Lipinski definition) is 4. The summed E-state index contributed by atoms with van der Waals surface area (Å²) in [6.45, 7) is 5.57. The van der Waals surface area contributed by atoms with E-state index in [1.165, 1.54) is 18.4 Å². The first-order valence-electron chi connectivity index (χ1n) is 7.63. The second kappa shape index (κ2) is 8.01. The Balaban J connectivity index is 2.09. The topological polar surface area (TPSA) is 50.7 Å². The van der Waals surface area contributed by atoms with Crippen LogP contribution in [0.2, 0.25) is 0 Å². The van der Waals surface area contributed by atoms with Crippen molar-refractivity contribution >= 4 is 15.9 Å². The maximum absolute atomic E-state index is 9.65. The molecule has 0 heterocycles. The van der Waals surface area contributed by atoms with Gasteiger partial charge in [-0.2, -0.15) is 0 Å². The van der Waals surface area contributed by atoms with Gasteiger partial charge >= 0.3 is 0 Å². The maximum Gasteiger partial charge on any atom is 0.175 e. The molecule has 1 fully saturated rings. The fraction of sp³-hybridized carbons (Fsp3) is 0.625. The highest BCUT2D eigenvalue weighted by atomic mass is 79.9. The number of ether oxygens (including phenoxy) is 2. The van der Waals surface area contributed by atoms with E-state index in [9.17, 15) is 5.11 Å². The van der Waals surface area contributed by atoms with Gasteiger partial charge in [-0.3, -0.25) is 0 Å². The standard InChI is InChI=1S/C16H24BrNO3/c1-3-13(19)10-21-16-14(17)7-11(8-15(16)20-4-2)9-18-12-5-6-12/h7-8,12-13,18-19H,3-6,9-10H2,1-2H3. The molecular formula is C16H24BrNO3. The predicted molar refractivity (Wildman–Crippen MR) is 87.0 cm³/mol. The van der Waals surface area contributed by atoms with Crippen molar-refractivity contribution in [1.29, 1.82) is 0 Å². The molecule has 0 aromatic heterocycles. The van der Waals surface area contributed by atoms with Crippen LogP contribution in [0.4, 0.5) is 0 Å². The van der Waals surface area contributed by atoms with Crippen molar-refractivity contribution in [2.75, 3.05) is 13.2 Å². The van der Waals surface area contributed by atoms with Crippen LogP contribution < -0.4 is 14.8 Å². The van der Waals surface area contributed by atoms with E-state index >= 15 is 0 Å². The highest BCUT2D eigenvalue weighted by molar-refractivity contribution is 9.10. The minimum atomic E-state index is -0.456. The van der Waals surface area contributed by atoms with Crippen LogP contribution in [0.15, 0.2) is 16.6 Å². The number of nitrogens with one attached hydrogen (secondary N) is 1. The Bertz CT molecular complexity index is 463. The van der Waals surface area contributed by atoms with Gasteiger partial charge in [-0.15, -0.1) is 0 Å². The Labute approximate surface area is 135 Å². The highest BCUT2D eigenvalue weighted by Gasteiger charge is 2.21. The molecule has 1 atom stereocenters. The molecular weight excluding hydrogens is 334 g/mol. The Kier molecular flexibility index (Phi) is 6.33. The first-order valence-corrected chi connectivity index (χ1v) is 8.42. The first-order chi connectivity index (χ1) is 10.1. The van der Waals surface area contributed by atoms with Crippen molar-refractivity contribution in [3.8, 4) is 11.5 Å². The number of hydrogen-bond donors (Lipinski definition) is 2. The summed E-state index contributed by atoms with van der Waals surface area (Å²) in [6, 6.07) is 4.73. The average molecular weight is 358 g/mol. The molecule has 1 aliphatic carbocycles. The normalized spacial score (nSPS) is 15.8. The molecule has 118 valence electrons. The molecule has 2 N–H and O–H groups in total. The summed E-state index contributed by atoms with van der Waals surface area (Å²) < 4.78 is 12.3. The Morgan fingerprint density at radius 2 is 2.10 bits per heavy atom. The summed E-state index contributed by atoms with van der Waals surface area (Å²) in [5, 5.41) is 13.1. The lowest BCUT2D eigenvalue weighted by atomic mass is 10.2. The van der Waals surface area contributed by atoms with Crippen LogP contribution >= 0.6 is 15.9 Å². The summed E-state index contributed by atoms with van der Waals surface area (Å²) in [4.78, 5) is 0. The van der Waals surface area contributed by atoms with E-state index in [-0.39, 0.29) is 6.61 Å². The second-order valence-corrected chi connectivity index (χ2v) is 6.22. The predicted octanol–water partition coefficient (Wildman–Crippen LogP) is 3.25. The van der Waals surface area contributed by atoms with Crippen LogP contribution in [0, 0.1) is 0 Å².